The van der Waals surface area contributed by atoms with Gasteiger partial charge in [-0.25, -0.2) is 0 Å². The summed E-state index contributed by atoms with van der Waals surface area (Å²) < 4.78 is 5.87. The summed E-state index contributed by atoms with van der Waals surface area (Å²) in [6.45, 7) is 5.38. The fourth-order valence-corrected chi connectivity index (χ4v) is 2.17. The van der Waals surface area contributed by atoms with Crippen molar-refractivity contribution in [2.45, 2.75) is 19.9 Å². The average molecular weight is 258 g/mol. The molecule has 2 rings (SSSR count). The van der Waals surface area contributed by atoms with E-state index in [4.69, 9.17) is 10.5 Å². The SMILES string of the molecule is CCCN1C=C(COc2ccccc2CN)C=CC1. The Labute approximate surface area is 115 Å². The van der Waals surface area contributed by atoms with E-state index in [2.05, 4.69) is 30.2 Å². The number of nitrogens with zero attached hydrogens (tertiary/aromatic N) is 1. The van der Waals surface area contributed by atoms with Gasteiger partial charge in [0.15, 0.2) is 0 Å². The molecule has 3 nitrogen and oxygen atoms in total. The Balaban J connectivity index is 1.96. The minimum Gasteiger partial charge on any atom is -0.489 e. The first-order valence-corrected chi connectivity index (χ1v) is 6.85. The fourth-order valence-electron chi connectivity index (χ4n) is 2.17. The lowest BCUT2D eigenvalue weighted by Gasteiger charge is -2.22. The molecular formula is C16H22N2O. The Hall–Kier alpha value is -1.74. The summed E-state index contributed by atoms with van der Waals surface area (Å²) in [5.41, 5.74) is 7.95. The quantitative estimate of drug-likeness (QED) is 0.852. The highest BCUT2D eigenvalue weighted by molar-refractivity contribution is 5.34. The molecule has 3 heteroatoms. The zero-order valence-corrected chi connectivity index (χ0v) is 11.5. The first kappa shape index (κ1) is 13.7. The molecule has 1 heterocycles. The normalized spacial score (nSPS) is 14.4. The number of ether oxygens (including phenoxy) is 1. The van der Waals surface area contributed by atoms with E-state index < -0.39 is 0 Å². The summed E-state index contributed by atoms with van der Waals surface area (Å²) in [7, 11) is 0. The number of hydrogen-bond acceptors (Lipinski definition) is 3. The summed E-state index contributed by atoms with van der Waals surface area (Å²) >= 11 is 0. The van der Waals surface area contributed by atoms with Crippen LogP contribution in [0.15, 0.2) is 48.2 Å². The Morgan fingerprint density at radius 1 is 1.32 bits per heavy atom. The number of benzene rings is 1. The lowest BCUT2D eigenvalue weighted by atomic mass is 10.2. The molecule has 0 aliphatic carbocycles. The molecule has 0 unspecified atom stereocenters. The maximum atomic E-state index is 5.87. The van der Waals surface area contributed by atoms with Crippen LogP contribution < -0.4 is 10.5 Å². The highest BCUT2D eigenvalue weighted by atomic mass is 16.5. The largest absolute Gasteiger partial charge is 0.489 e. The van der Waals surface area contributed by atoms with Crippen molar-refractivity contribution in [2.24, 2.45) is 5.73 Å². The van der Waals surface area contributed by atoms with Crippen LogP contribution in [-0.2, 0) is 6.54 Å². The number of para-hydroxylation sites is 1. The van der Waals surface area contributed by atoms with Gasteiger partial charge in [-0.15, -0.1) is 0 Å². The molecule has 2 N–H and O–H groups in total. The third kappa shape index (κ3) is 3.86. The predicted molar refractivity (Wildman–Crippen MR) is 78.9 cm³/mol. The van der Waals surface area contributed by atoms with Crippen molar-refractivity contribution in [1.82, 2.24) is 4.90 Å². The average Bonchev–Trinajstić information content (AvgIpc) is 2.46. The van der Waals surface area contributed by atoms with Crippen LogP contribution in [0.2, 0.25) is 0 Å². The Bertz CT molecular complexity index is 466. The van der Waals surface area contributed by atoms with Crippen molar-refractivity contribution >= 4 is 0 Å². The zero-order valence-electron chi connectivity index (χ0n) is 11.5. The Morgan fingerprint density at radius 3 is 2.95 bits per heavy atom. The third-order valence-corrected chi connectivity index (χ3v) is 3.12. The zero-order chi connectivity index (χ0) is 13.5. The maximum absolute atomic E-state index is 5.87. The van der Waals surface area contributed by atoms with Crippen molar-refractivity contribution in [3.05, 3.63) is 53.8 Å². The smallest absolute Gasteiger partial charge is 0.124 e. The summed E-state index contributed by atoms with van der Waals surface area (Å²) in [6, 6.07) is 7.93. The van der Waals surface area contributed by atoms with E-state index >= 15 is 0 Å². The van der Waals surface area contributed by atoms with Crippen molar-refractivity contribution < 1.29 is 4.74 Å². The number of hydrogen-bond donors (Lipinski definition) is 1. The van der Waals surface area contributed by atoms with Crippen LogP contribution in [0.25, 0.3) is 0 Å². The van der Waals surface area contributed by atoms with Gasteiger partial charge in [-0.05, 0) is 12.5 Å². The molecule has 1 aliphatic rings. The Kier molecular flexibility index (Phi) is 5.04. The van der Waals surface area contributed by atoms with Crippen LogP contribution in [0.5, 0.6) is 5.75 Å². The van der Waals surface area contributed by atoms with Crippen LogP contribution in [0.1, 0.15) is 18.9 Å². The third-order valence-electron chi connectivity index (χ3n) is 3.12. The molecule has 0 saturated heterocycles. The first-order valence-electron chi connectivity index (χ1n) is 6.85. The van der Waals surface area contributed by atoms with Gasteiger partial charge in [-0.1, -0.05) is 37.3 Å². The molecular weight excluding hydrogens is 236 g/mol. The van der Waals surface area contributed by atoms with Gasteiger partial charge in [0, 0.05) is 37.0 Å². The molecule has 0 aromatic heterocycles. The van der Waals surface area contributed by atoms with Gasteiger partial charge in [-0.3, -0.25) is 0 Å². The molecule has 1 aromatic carbocycles. The second kappa shape index (κ2) is 7.00. The van der Waals surface area contributed by atoms with Gasteiger partial charge in [-0.2, -0.15) is 0 Å². The van der Waals surface area contributed by atoms with E-state index in [1.54, 1.807) is 0 Å². The summed E-state index contributed by atoms with van der Waals surface area (Å²) in [4.78, 5) is 2.31. The van der Waals surface area contributed by atoms with Crippen molar-refractivity contribution in [2.75, 3.05) is 19.7 Å². The fraction of sp³-hybridized carbons (Fsp3) is 0.375. The van der Waals surface area contributed by atoms with E-state index in [9.17, 15) is 0 Å². The van der Waals surface area contributed by atoms with Crippen LogP contribution >= 0.6 is 0 Å². The molecule has 102 valence electrons. The highest BCUT2D eigenvalue weighted by Gasteiger charge is 2.06. The van der Waals surface area contributed by atoms with E-state index in [-0.39, 0.29) is 0 Å². The topological polar surface area (TPSA) is 38.5 Å². The van der Waals surface area contributed by atoms with Gasteiger partial charge >= 0.3 is 0 Å². The minimum absolute atomic E-state index is 0.507. The lowest BCUT2D eigenvalue weighted by Crippen LogP contribution is -2.22. The molecule has 19 heavy (non-hydrogen) atoms. The van der Waals surface area contributed by atoms with Crippen molar-refractivity contribution in [1.29, 1.82) is 0 Å². The molecule has 0 radical (unpaired) electrons. The summed E-state index contributed by atoms with van der Waals surface area (Å²) in [5.74, 6) is 0.881. The van der Waals surface area contributed by atoms with Gasteiger partial charge in [0.25, 0.3) is 0 Å². The molecule has 0 fully saturated rings. The number of nitrogens with two attached hydrogens (primary N) is 1. The van der Waals surface area contributed by atoms with Crippen LogP contribution in [0.4, 0.5) is 0 Å². The summed E-state index contributed by atoms with van der Waals surface area (Å²) in [5, 5.41) is 0. The van der Waals surface area contributed by atoms with Crippen LogP contribution in [-0.4, -0.2) is 24.6 Å². The monoisotopic (exact) mass is 258 g/mol. The van der Waals surface area contributed by atoms with Gasteiger partial charge in [0.05, 0.1) is 0 Å². The van der Waals surface area contributed by atoms with Crippen LogP contribution in [0, 0.1) is 0 Å². The molecule has 1 aromatic rings. The van der Waals surface area contributed by atoms with Gasteiger partial charge in [0.1, 0.15) is 12.4 Å². The van der Waals surface area contributed by atoms with Gasteiger partial charge in [0.2, 0.25) is 0 Å². The maximum Gasteiger partial charge on any atom is 0.124 e. The first-order chi connectivity index (χ1) is 9.33. The molecule has 0 atom stereocenters. The second-order valence-corrected chi connectivity index (χ2v) is 4.70. The predicted octanol–water partition coefficient (Wildman–Crippen LogP) is 2.69. The van der Waals surface area contributed by atoms with E-state index in [1.165, 1.54) is 5.57 Å². The molecule has 0 spiro atoms. The molecule has 0 saturated carbocycles. The Morgan fingerprint density at radius 2 is 2.16 bits per heavy atom. The van der Waals surface area contributed by atoms with Gasteiger partial charge < -0.3 is 15.4 Å². The second-order valence-electron chi connectivity index (χ2n) is 4.70. The molecule has 0 amide bonds. The highest BCUT2D eigenvalue weighted by Crippen LogP contribution is 2.18. The molecule has 1 aliphatic heterocycles. The van der Waals surface area contributed by atoms with Crippen LogP contribution in [0.3, 0.4) is 0 Å². The van der Waals surface area contributed by atoms with Crippen molar-refractivity contribution in [3.63, 3.8) is 0 Å². The summed E-state index contributed by atoms with van der Waals surface area (Å²) in [6.07, 6.45) is 7.67. The van der Waals surface area contributed by atoms with E-state index in [0.717, 1.165) is 30.8 Å². The standard InChI is InChI=1S/C16H22N2O/c1-2-9-18-10-5-6-14(12-18)13-19-16-8-4-3-7-15(16)11-17/h3-8,12H,2,9-11,13,17H2,1H3. The lowest BCUT2D eigenvalue weighted by molar-refractivity contribution is 0.340. The minimum atomic E-state index is 0.507. The van der Waals surface area contributed by atoms with E-state index in [0.29, 0.717) is 13.2 Å². The van der Waals surface area contributed by atoms with E-state index in [1.807, 2.05) is 24.3 Å². The molecule has 0 bridgehead atoms. The number of rotatable bonds is 6. The van der Waals surface area contributed by atoms with Crippen molar-refractivity contribution in [3.8, 4) is 5.75 Å².